The van der Waals surface area contributed by atoms with Gasteiger partial charge in [0.25, 0.3) is 0 Å². The molecule has 0 aliphatic heterocycles. The maximum Gasteiger partial charge on any atom is 0.0499 e. The summed E-state index contributed by atoms with van der Waals surface area (Å²) in [4.78, 5) is 0. The van der Waals surface area contributed by atoms with E-state index in [1.165, 1.54) is 5.57 Å². The Balaban J connectivity index is 2.85. The molecule has 0 aromatic rings. The summed E-state index contributed by atoms with van der Waals surface area (Å²) in [5.74, 6) is 0.970. The molecule has 0 aromatic carbocycles. The van der Waals surface area contributed by atoms with Crippen molar-refractivity contribution in [2.24, 2.45) is 17.3 Å². The first-order valence-corrected chi connectivity index (χ1v) is 4.29. The van der Waals surface area contributed by atoms with Gasteiger partial charge >= 0.3 is 0 Å². The third-order valence-corrected chi connectivity index (χ3v) is 3.42. The summed E-state index contributed by atoms with van der Waals surface area (Å²) in [7, 11) is 0. The van der Waals surface area contributed by atoms with Crippen LogP contribution in [0.2, 0.25) is 0 Å². The molecule has 0 saturated carbocycles. The number of hydrogen-bond acceptors (Lipinski definition) is 1. The van der Waals surface area contributed by atoms with Crippen molar-refractivity contribution in [2.45, 2.75) is 27.7 Å². The van der Waals surface area contributed by atoms with Crippen molar-refractivity contribution in [2.75, 3.05) is 6.61 Å². The fraction of sp³-hybridized carbons (Fsp3) is 0.800. The number of aliphatic hydroxyl groups is 1. The van der Waals surface area contributed by atoms with Crippen molar-refractivity contribution in [3.05, 3.63) is 11.6 Å². The molecule has 0 aromatic heterocycles. The predicted molar refractivity (Wildman–Crippen MR) is 47.3 cm³/mol. The molecule has 0 bridgehead atoms. The van der Waals surface area contributed by atoms with Gasteiger partial charge in [0.1, 0.15) is 0 Å². The minimum atomic E-state index is 0.249. The van der Waals surface area contributed by atoms with Crippen molar-refractivity contribution >= 4 is 0 Å². The number of rotatable bonds is 1. The van der Waals surface area contributed by atoms with Crippen molar-refractivity contribution in [1.82, 2.24) is 0 Å². The van der Waals surface area contributed by atoms with Crippen LogP contribution in [-0.4, -0.2) is 11.7 Å². The summed E-state index contributed by atoms with van der Waals surface area (Å²) in [6, 6.07) is 0. The fourth-order valence-electron chi connectivity index (χ4n) is 1.87. The van der Waals surface area contributed by atoms with E-state index in [0.29, 0.717) is 11.8 Å². The average Bonchev–Trinajstić information content (AvgIpc) is 2.13. The van der Waals surface area contributed by atoms with Crippen LogP contribution in [0.15, 0.2) is 11.6 Å². The van der Waals surface area contributed by atoms with Crippen LogP contribution in [0.25, 0.3) is 0 Å². The highest BCUT2D eigenvalue weighted by atomic mass is 16.3. The van der Waals surface area contributed by atoms with Gasteiger partial charge in [0, 0.05) is 12.5 Å². The molecular formula is C10H18O. The molecule has 11 heavy (non-hydrogen) atoms. The molecule has 1 nitrogen and oxygen atoms in total. The molecule has 0 fully saturated rings. The Morgan fingerprint density at radius 3 is 2.27 bits per heavy atom. The summed E-state index contributed by atoms with van der Waals surface area (Å²) >= 11 is 0. The van der Waals surface area contributed by atoms with Gasteiger partial charge in [0.2, 0.25) is 0 Å². The number of aliphatic hydroxyl groups excluding tert-OH is 1. The van der Waals surface area contributed by atoms with E-state index >= 15 is 0 Å². The molecule has 2 unspecified atom stereocenters. The lowest BCUT2D eigenvalue weighted by molar-refractivity contribution is 0.134. The van der Waals surface area contributed by atoms with Gasteiger partial charge in [-0.15, -0.1) is 0 Å². The summed E-state index contributed by atoms with van der Waals surface area (Å²) in [6.45, 7) is 9.13. The molecule has 0 amide bonds. The van der Waals surface area contributed by atoms with Crippen LogP contribution >= 0.6 is 0 Å². The summed E-state index contributed by atoms with van der Waals surface area (Å²) in [6.07, 6.45) is 2.21. The van der Waals surface area contributed by atoms with Gasteiger partial charge in [-0.1, -0.05) is 32.4 Å². The van der Waals surface area contributed by atoms with Gasteiger partial charge in [-0.3, -0.25) is 0 Å². The minimum absolute atomic E-state index is 0.249. The molecule has 64 valence electrons. The highest BCUT2D eigenvalue weighted by Gasteiger charge is 2.38. The minimum Gasteiger partial charge on any atom is -0.396 e. The van der Waals surface area contributed by atoms with E-state index in [9.17, 15) is 0 Å². The topological polar surface area (TPSA) is 20.2 Å². The Hall–Kier alpha value is -0.300. The first-order valence-electron chi connectivity index (χ1n) is 4.29. The Kier molecular flexibility index (Phi) is 2.10. The standard InChI is InChI=1S/C10H18O/c1-7-5-9(6-11)10(3,4)8(7)2/h5,8-9,11H,6H2,1-4H3. The Morgan fingerprint density at radius 2 is 2.09 bits per heavy atom. The van der Waals surface area contributed by atoms with E-state index in [4.69, 9.17) is 5.11 Å². The van der Waals surface area contributed by atoms with Gasteiger partial charge in [0.15, 0.2) is 0 Å². The lowest BCUT2D eigenvalue weighted by atomic mass is 9.74. The molecule has 1 N–H and O–H groups in total. The van der Waals surface area contributed by atoms with Gasteiger partial charge in [-0.25, -0.2) is 0 Å². The van der Waals surface area contributed by atoms with E-state index in [2.05, 4.69) is 33.8 Å². The first kappa shape index (κ1) is 8.79. The SMILES string of the molecule is CC1=CC(CO)C(C)(C)C1C. The zero-order chi connectivity index (χ0) is 8.65. The third-order valence-electron chi connectivity index (χ3n) is 3.42. The van der Waals surface area contributed by atoms with E-state index < -0.39 is 0 Å². The maximum atomic E-state index is 9.09. The van der Waals surface area contributed by atoms with Crippen LogP contribution in [0, 0.1) is 17.3 Å². The Labute approximate surface area is 69.1 Å². The molecule has 0 saturated heterocycles. The average molecular weight is 154 g/mol. The van der Waals surface area contributed by atoms with Crippen LogP contribution in [-0.2, 0) is 0 Å². The summed E-state index contributed by atoms with van der Waals surface area (Å²) in [5, 5.41) is 9.09. The third kappa shape index (κ3) is 1.22. The van der Waals surface area contributed by atoms with Crippen molar-refractivity contribution in [3.63, 3.8) is 0 Å². The quantitative estimate of drug-likeness (QED) is 0.574. The predicted octanol–water partition coefficient (Wildman–Crippen LogP) is 2.22. The molecule has 0 radical (unpaired) electrons. The van der Waals surface area contributed by atoms with Crippen LogP contribution < -0.4 is 0 Å². The molecule has 0 heterocycles. The molecular weight excluding hydrogens is 136 g/mol. The maximum absolute atomic E-state index is 9.09. The lowest BCUT2D eigenvalue weighted by Crippen LogP contribution is -2.27. The molecule has 1 heteroatoms. The fourth-order valence-corrected chi connectivity index (χ4v) is 1.87. The smallest absolute Gasteiger partial charge is 0.0499 e. The van der Waals surface area contributed by atoms with Crippen molar-refractivity contribution in [3.8, 4) is 0 Å². The second kappa shape index (κ2) is 2.63. The summed E-state index contributed by atoms with van der Waals surface area (Å²) in [5.41, 5.74) is 1.67. The van der Waals surface area contributed by atoms with Gasteiger partial charge < -0.3 is 5.11 Å². The van der Waals surface area contributed by atoms with Crippen LogP contribution in [0.4, 0.5) is 0 Å². The van der Waals surface area contributed by atoms with E-state index in [1.807, 2.05) is 0 Å². The van der Waals surface area contributed by atoms with Gasteiger partial charge in [-0.05, 0) is 18.3 Å². The van der Waals surface area contributed by atoms with Gasteiger partial charge in [-0.2, -0.15) is 0 Å². The van der Waals surface area contributed by atoms with E-state index in [0.717, 1.165) is 0 Å². The van der Waals surface area contributed by atoms with Crippen molar-refractivity contribution in [1.29, 1.82) is 0 Å². The second-order valence-corrected chi connectivity index (χ2v) is 4.24. The molecule has 1 aliphatic carbocycles. The van der Waals surface area contributed by atoms with Crippen LogP contribution in [0.1, 0.15) is 27.7 Å². The monoisotopic (exact) mass is 154 g/mol. The highest BCUT2D eigenvalue weighted by molar-refractivity contribution is 5.18. The Morgan fingerprint density at radius 1 is 1.55 bits per heavy atom. The number of hydrogen-bond donors (Lipinski definition) is 1. The van der Waals surface area contributed by atoms with Crippen LogP contribution in [0.3, 0.4) is 0 Å². The molecule has 1 rings (SSSR count). The largest absolute Gasteiger partial charge is 0.396 e. The van der Waals surface area contributed by atoms with Crippen molar-refractivity contribution < 1.29 is 5.11 Å². The highest BCUT2D eigenvalue weighted by Crippen LogP contribution is 2.45. The molecule has 0 spiro atoms. The normalized spacial score (nSPS) is 35.5. The zero-order valence-corrected chi connectivity index (χ0v) is 7.89. The van der Waals surface area contributed by atoms with E-state index in [1.54, 1.807) is 0 Å². The summed E-state index contributed by atoms with van der Waals surface area (Å²) < 4.78 is 0. The molecule has 2 atom stereocenters. The Bertz CT molecular complexity index is 179. The molecule has 1 aliphatic rings. The second-order valence-electron chi connectivity index (χ2n) is 4.24. The lowest BCUT2D eigenvalue weighted by Gasteiger charge is -2.31. The van der Waals surface area contributed by atoms with E-state index in [-0.39, 0.29) is 12.0 Å². The zero-order valence-electron chi connectivity index (χ0n) is 7.89. The van der Waals surface area contributed by atoms with Gasteiger partial charge in [0.05, 0.1) is 0 Å². The first-order chi connectivity index (χ1) is 5.00. The van der Waals surface area contributed by atoms with Crippen LogP contribution in [0.5, 0.6) is 0 Å². The number of allylic oxidation sites excluding steroid dienone is 1.